The lowest BCUT2D eigenvalue weighted by molar-refractivity contribution is 0.0671. The average molecular weight is 298 g/mol. The van der Waals surface area contributed by atoms with Crippen molar-refractivity contribution >= 4 is 28.2 Å². The number of rotatable bonds is 5. The van der Waals surface area contributed by atoms with E-state index < -0.39 is 0 Å². The van der Waals surface area contributed by atoms with Crippen molar-refractivity contribution < 1.29 is 9.90 Å². The van der Waals surface area contributed by atoms with Gasteiger partial charge in [0.05, 0.1) is 6.61 Å². The van der Waals surface area contributed by atoms with Gasteiger partial charge in [0.15, 0.2) is 5.13 Å². The molecule has 1 aliphatic rings. The van der Waals surface area contributed by atoms with Gasteiger partial charge >= 0.3 is 0 Å². The second kappa shape index (κ2) is 6.41. The number of aliphatic hydroxyl groups excluding tert-OH is 1. The molecule has 1 aliphatic heterocycles. The van der Waals surface area contributed by atoms with Crippen molar-refractivity contribution in [2.45, 2.75) is 32.7 Å². The normalized spacial score (nSPS) is 15.1. The topological polar surface area (TPSA) is 82.7 Å². The molecule has 20 heavy (non-hydrogen) atoms. The van der Waals surface area contributed by atoms with Gasteiger partial charge < -0.3 is 20.6 Å². The van der Waals surface area contributed by atoms with Gasteiger partial charge in [-0.3, -0.25) is 4.79 Å². The molecule has 0 saturated carbocycles. The van der Waals surface area contributed by atoms with Crippen LogP contribution in [0.4, 0.5) is 10.9 Å². The molecule has 1 fully saturated rings. The van der Waals surface area contributed by atoms with Crippen LogP contribution in [0.2, 0.25) is 0 Å². The van der Waals surface area contributed by atoms with E-state index in [0.29, 0.717) is 17.2 Å². The van der Waals surface area contributed by atoms with E-state index in [1.807, 2.05) is 13.8 Å². The quantitative estimate of drug-likeness (QED) is 0.852. The fraction of sp³-hybridized carbons (Fsp3) is 0.692. The van der Waals surface area contributed by atoms with Crippen LogP contribution in [0.25, 0.3) is 0 Å². The summed E-state index contributed by atoms with van der Waals surface area (Å²) in [7, 11) is 0. The average Bonchev–Trinajstić information content (AvgIpc) is 3.03. The molecule has 2 rings (SSSR count). The Morgan fingerprint density at radius 1 is 1.50 bits per heavy atom. The fourth-order valence-corrected chi connectivity index (χ4v) is 3.34. The molecule has 0 unspecified atom stereocenters. The van der Waals surface area contributed by atoms with E-state index in [4.69, 9.17) is 10.8 Å². The molecule has 2 heterocycles. The van der Waals surface area contributed by atoms with Crippen molar-refractivity contribution in [3.63, 3.8) is 0 Å². The van der Waals surface area contributed by atoms with E-state index in [2.05, 4.69) is 9.88 Å². The van der Waals surface area contributed by atoms with Crippen LogP contribution in [0.3, 0.4) is 0 Å². The summed E-state index contributed by atoms with van der Waals surface area (Å²) in [5.41, 5.74) is 5.91. The Morgan fingerprint density at radius 3 is 2.70 bits per heavy atom. The number of carbonyl (C=O) groups excluding carboxylic acids is 1. The lowest BCUT2D eigenvalue weighted by Gasteiger charge is -2.25. The second-order valence-corrected chi connectivity index (χ2v) is 6.20. The molecule has 112 valence electrons. The number of aromatic nitrogens is 1. The van der Waals surface area contributed by atoms with Gasteiger partial charge in [0.2, 0.25) is 0 Å². The minimum atomic E-state index is -0.144. The molecule has 0 bridgehead atoms. The predicted molar refractivity (Wildman–Crippen MR) is 81.2 cm³/mol. The number of hydrogen-bond acceptors (Lipinski definition) is 6. The van der Waals surface area contributed by atoms with Crippen LogP contribution in [0.5, 0.6) is 0 Å². The summed E-state index contributed by atoms with van der Waals surface area (Å²) in [6.45, 7) is 6.06. The molecule has 1 amide bonds. The Hall–Kier alpha value is -1.34. The number of amides is 1. The van der Waals surface area contributed by atoms with Crippen LogP contribution in [0.15, 0.2) is 0 Å². The van der Waals surface area contributed by atoms with Crippen LogP contribution >= 0.6 is 11.3 Å². The molecule has 7 heteroatoms. The van der Waals surface area contributed by atoms with Gasteiger partial charge in [-0.25, -0.2) is 4.98 Å². The molecular formula is C13H22N4O2S. The SMILES string of the molecule is CC(C)N(CCO)C(=O)c1sc(N2CCCC2)nc1N. The smallest absolute Gasteiger partial charge is 0.268 e. The van der Waals surface area contributed by atoms with E-state index in [-0.39, 0.29) is 18.6 Å². The lowest BCUT2D eigenvalue weighted by atomic mass is 10.3. The van der Waals surface area contributed by atoms with Crippen molar-refractivity contribution in [3.05, 3.63) is 4.88 Å². The molecule has 1 aromatic rings. The number of thiazole rings is 1. The summed E-state index contributed by atoms with van der Waals surface area (Å²) in [6, 6.07) is 0.0198. The number of nitrogens with zero attached hydrogens (tertiary/aromatic N) is 3. The summed E-state index contributed by atoms with van der Waals surface area (Å²) in [4.78, 5) is 21.1. The maximum absolute atomic E-state index is 12.5. The van der Waals surface area contributed by atoms with Gasteiger partial charge in [0.25, 0.3) is 5.91 Å². The molecule has 0 aromatic carbocycles. The highest BCUT2D eigenvalue weighted by Gasteiger charge is 2.26. The minimum Gasteiger partial charge on any atom is -0.395 e. The lowest BCUT2D eigenvalue weighted by Crippen LogP contribution is -2.38. The van der Waals surface area contributed by atoms with E-state index in [1.54, 1.807) is 4.90 Å². The molecule has 0 atom stereocenters. The zero-order valence-corrected chi connectivity index (χ0v) is 12.8. The van der Waals surface area contributed by atoms with Gasteiger partial charge in [-0.1, -0.05) is 11.3 Å². The maximum Gasteiger partial charge on any atom is 0.268 e. The number of nitrogens with two attached hydrogens (primary N) is 1. The van der Waals surface area contributed by atoms with Crippen LogP contribution in [-0.4, -0.2) is 53.2 Å². The van der Waals surface area contributed by atoms with E-state index >= 15 is 0 Å². The third kappa shape index (κ3) is 3.04. The van der Waals surface area contributed by atoms with Crippen molar-refractivity contribution in [2.24, 2.45) is 0 Å². The second-order valence-electron chi connectivity index (χ2n) is 5.22. The number of nitrogen functional groups attached to an aromatic ring is 1. The number of aliphatic hydroxyl groups is 1. The van der Waals surface area contributed by atoms with Gasteiger partial charge in [-0.2, -0.15) is 0 Å². The van der Waals surface area contributed by atoms with Crippen LogP contribution < -0.4 is 10.6 Å². The van der Waals surface area contributed by atoms with E-state index in [9.17, 15) is 4.79 Å². The maximum atomic E-state index is 12.5. The first-order chi connectivity index (χ1) is 9.54. The molecule has 0 aliphatic carbocycles. The molecule has 1 aromatic heterocycles. The Kier molecular flexibility index (Phi) is 4.82. The Balaban J connectivity index is 2.20. The molecule has 3 N–H and O–H groups in total. The molecule has 1 saturated heterocycles. The van der Waals surface area contributed by atoms with Crippen LogP contribution in [0, 0.1) is 0 Å². The Bertz CT molecular complexity index is 469. The first kappa shape index (κ1) is 15.1. The monoisotopic (exact) mass is 298 g/mol. The number of hydrogen-bond donors (Lipinski definition) is 2. The third-order valence-corrected chi connectivity index (χ3v) is 4.56. The highest BCUT2D eigenvalue weighted by Crippen LogP contribution is 2.31. The van der Waals surface area contributed by atoms with Crippen molar-refractivity contribution in [2.75, 3.05) is 36.9 Å². The summed E-state index contributed by atoms with van der Waals surface area (Å²) >= 11 is 1.35. The van der Waals surface area contributed by atoms with Gasteiger partial charge in [0, 0.05) is 25.7 Å². The van der Waals surface area contributed by atoms with Crippen LogP contribution in [0.1, 0.15) is 36.4 Å². The van der Waals surface area contributed by atoms with Crippen molar-refractivity contribution in [1.82, 2.24) is 9.88 Å². The summed E-state index contributed by atoms with van der Waals surface area (Å²) in [5, 5.41) is 9.91. The number of carbonyl (C=O) groups is 1. The largest absolute Gasteiger partial charge is 0.395 e. The molecule has 6 nitrogen and oxygen atoms in total. The predicted octanol–water partition coefficient (Wildman–Crippen LogP) is 1.17. The molecule has 0 spiro atoms. The van der Waals surface area contributed by atoms with Gasteiger partial charge in [0.1, 0.15) is 10.7 Å². The number of anilines is 2. The first-order valence-electron chi connectivity index (χ1n) is 6.97. The minimum absolute atomic E-state index is 0.0198. The molecule has 0 radical (unpaired) electrons. The summed E-state index contributed by atoms with van der Waals surface area (Å²) in [5.74, 6) is 0.153. The zero-order chi connectivity index (χ0) is 14.7. The summed E-state index contributed by atoms with van der Waals surface area (Å²) < 4.78 is 0. The van der Waals surface area contributed by atoms with E-state index in [1.165, 1.54) is 11.3 Å². The van der Waals surface area contributed by atoms with Crippen molar-refractivity contribution in [1.29, 1.82) is 0 Å². The van der Waals surface area contributed by atoms with Crippen molar-refractivity contribution in [3.8, 4) is 0 Å². The molecular weight excluding hydrogens is 276 g/mol. The third-order valence-electron chi connectivity index (χ3n) is 3.44. The highest BCUT2D eigenvalue weighted by atomic mass is 32.1. The van der Waals surface area contributed by atoms with Gasteiger partial charge in [-0.15, -0.1) is 0 Å². The zero-order valence-electron chi connectivity index (χ0n) is 12.0. The Labute approximate surface area is 123 Å². The fourth-order valence-electron chi connectivity index (χ4n) is 2.35. The van der Waals surface area contributed by atoms with Gasteiger partial charge in [-0.05, 0) is 26.7 Å². The standard InChI is InChI=1S/C13H22N4O2S/c1-9(2)17(7-8-18)12(19)10-11(14)15-13(20-10)16-5-3-4-6-16/h9,18H,3-8,14H2,1-2H3. The first-order valence-corrected chi connectivity index (χ1v) is 7.79. The highest BCUT2D eigenvalue weighted by molar-refractivity contribution is 7.18. The summed E-state index contributed by atoms with van der Waals surface area (Å²) in [6.07, 6.45) is 2.32. The van der Waals surface area contributed by atoms with Crippen LogP contribution in [-0.2, 0) is 0 Å². The Morgan fingerprint density at radius 2 is 2.15 bits per heavy atom. The van der Waals surface area contributed by atoms with E-state index in [0.717, 1.165) is 31.1 Å².